The zero-order chi connectivity index (χ0) is 21.7. The Kier molecular flexibility index (Phi) is 8.52. The molecule has 3 unspecified atom stereocenters. The van der Waals surface area contributed by atoms with E-state index in [1.54, 1.807) is 0 Å². The van der Waals surface area contributed by atoms with Crippen LogP contribution in [-0.2, 0) is 19.1 Å². The summed E-state index contributed by atoms with van der Waals surface area (Å²) in [7, 11) is 2.76. The fourth-order valence-electron chi connectivity index (χ4n) is 3.89. The van der Waals surface area contributed by atoms with E-state index in [0.29, 0.717) is 18.8 Å². The van der Waals surface area contributed by atoms with Gasteiger partial charge in [-0.1, -0.05) is 64.8 Å². The number of hydrogen-bond acceptors (Lipinski definition) is 4. The summed E-state index contributed by atoms with van der Waals surface area (Å²) in [4.78, 5) is 24.5. The van der Waals surface area contributed by atoms with E-state index in [-0.39, 0.29) is 22.8 Å². The topological polar surface area (TPSA) is 52.6 Å². The maximum Gasteiger partial charge on any atom is 0.309 e. The molecule has 1 rings (SSSR count). The Morgan fingerprint density at radius 3 is 2.11 bits per heavy atom. The van der Waals surface area contributed by atoms with E-state index in [4.69, 9.17) is 9.47 Å². The molecule has 0 spiro atoms. The first-order valence-electron chi connectivity index (χ1n) is 10.4. The van der Waals surface area contributed by atoms with Gasteiger partial charge in [-0.2, -0.15) is 0 Å². The normalized spacial score (nSPS) is 23.1. The minimum atomic E-state index is -0.470. The molecule has 0 bridgehead atoms. The van der Waals surface area contributed by atoms with Gasteiger partial charge in [0.1, 0.15) is 0 Å². The van der Waals surface area contributed by atoms with Gasteiger partial charge < -0.3 is 9.47 Å². The van der Waals surface area contributed by atoms with E-state index in [1.807, 2.05) is 0 Å². The minimum Gasteiger partial charge on any atom is -0.469 e. The Morgan fingerprint density at radius 2 is 1.64 bits per heavy atom. The van der Waals surface area contributed by atoms with Gasteiger partial charge in [0.2, 0.25) is 0 Å². The predicted molar refractivity (Wildman–Crippen MR) is 114 cm³/mol. The maximum atomic E-state index is 12.4. The van der Waals surface area contributed by atoms with Crippen LogP contribution in [0.25, 0.3) is 0 Å². The van der Waals surface area contributed by atoms with Crippen molar-refractivity contribution in [2.24, 2.45) is 28.6 Å². The van der Waals surface area contributed by atoms with Crippen molar-refractivity contribution in [2.75, 3.05) is 14.2 Å². The molecule has 0 aromatic rings. The molecule has 1 aliphatic carbocycles. The van der Waals surface area contributed by atoms with Crippen molar-refractivity contribution < 1.29 is 19.1 Å². The van der Waals surface area contributed by atoms with Crippen LogP contribution in [0.1, 0.15) is 74.1 Å². The highest BCUT2D eigenvalue weighted by atomic mass is 16.5. The van der Waals surface area contributed by atoms with Crippen LogP contribution in [0.15, 0.2) is 23.3 Å². The largest absolute Gasteiger partial charge is 0.469 e. The zero-order valence-electron chi connectivity index (χ0n) is 19.3. The van der Waals surface area contributed by atoms with E-state index in [0.717, 1.165) is 12.8 Å². The lowest BCUT2D eigenvalue weighted by Crippen LogP contribution is -2.37. The standard InChI is InChI=1S/C24H40O4/c1-16(2)24(7,14-10-11-17(3)23(4,5)6)18-12-13-19(21(25)27-8)20(15-18)22(26)28-9/h11-12,16,19-20H,10,13-15H2,1-9H3/b17-11+. The number of carbonyl (C=O) groups excluding carboxylic acids is 2. The summed E-state index contributed by atoms with van der Waals surface area (Å²) in [5.41, 5.74) is 2.82. The van der Waals surface area contributed by atoms with Gasteiger partial charge in [0.05, 0.1) is 26.1 Å². The van der Waals surface area contributed by atoms with Crippen LogP contribution in [0.5, 0.6) is 0 Å². The molecule has 0 amide bonds. The summed E-state index contributed by atoms with van der Waals surface area (Å²) < 4.78 is 9.92. The van der Waals surface area contributed by atoms with Gasteiger partial charge in [-0.25, -0.2) is 0 Å². The van der Waals surface area contributed by atoms with Crippen molar-refractivity contribution in [1.29, 1.82) is 0 Å². The zero-order valence-corrected chi connectivity index (χ0v) is 19.3. The molecule has 0 saturated heterocycles. The minimum absolute atomic E-state index is 0.0258. The molecule has 1 aliphatic rings. The number of ether oxygens (including phenoxy) is 2. The third-order valence-electron chi connectivity index (χ3n) is 6.86. The molecule has 0 saturated carbocycles. The highest BCUT2D eigenvalue weighted by Gasteiger charge is 2.42. The molecule has 0 aromatic heterocycles. The van der Waals surface area contributed by atoms with Gasteiger partial charge in [-0.3, -0.25) is 9.59 Å². The van der Waals surface area contributed by atoms with Crippen molar-refractivity contribution in [1.82, 2.24) is 0 Å². The number of rotatable bonds is 7. The van der Waals surface area contributed by atoms with Gasteiger partial charge in [0.25, 0.3) is 0 Å². The molecular weight excluding hydrogens is 352 g/mol. The second-order valence-electron chi connectivity index (χ2n) is 9.68. The van der Waals surface area contributed by atoms with Crippen molar-refractivity contribution in [3.8, 4) is 0 Å². The van der Waals surface area contributed by atoms with Crippen LogP contribution in [0.3, 0.4) is 0 Å². The number of methoxy groups -OCH3 is 2. The second-order valence-corrected chi connectivity index (χ2v) is 9.68. The Balaban J connectivity index is 3.11. The molecule has 4 nitrogen and oxygen atoms in total. The lowest BCUT2D eigenvalue weighted by molar-refractivity contribution is -0.158. The maximum absolute atomic E-state index is 12.4. The smallest absolute Gasteiger partial charge is 0.309 e. The molecule has 28 heavy (non-hydrogen) atoms. The first-order valence-corrected chi connectivity index (χ1v) is 10.4. The lowest BCUT2D eigenvalue weighted by atomic mass is 9.64. The highest BCUT2D eigenvalue weighted by Crippen LogP contribution is 2.47. The highest BCUT2D eigenvalue weighted by molar-refractivity contribution is 5.83. The molecular formula is C24H40O4. The van der Waals surface area contributed by atoms with Crippen LogP contribution >= 0.6 is 0 Å². The molecule has 0 fully saturated rings. The molecule has 3 atom stereocenters. The van der Waals surface area contributed by atoms with Gasteiger partial charge in [0, 0.05) is 0 Å². The third kappa shape index (κ3) is 5.71. The molecule has 0 aliphatic heterocycles. The molecule has 0 aromatic carbocycles. The summed E-state index contributed by atoms with van der Waals surface area (Å²) >= 11 is 0. The first kappa shape index (κ1) is 24.5. The van der Waals surface area contributed by atoms with Gasteiger partial charge in [-0.05, 0) is 49.4 Å². The fraction of sp³-hybridized carbons (Fsp3) is 0.750. The molecule has 4 heteroatoms. The van der Waals surface area contributed by atoms with E-state index in [9.17, 15) is 9.59 Å². The van der Waals surface area contributed by atoms with E-state index in [2.05, 4.69) is 60.6 Å². The summed E-state index contributed by atoms with van der Waals surface area (Å²) in [6.07, 6.45) is 7.61. The second kappa shape index (κ2) is 9.76. The monoisotopic (exact) mass is 392 g/mol. The predicted octanol–water partition coefficient (Wildman–Crippen LogP) is 5.72. The fourth-order valence-corrected chi connectivity index (χ4v) is 3.89. The van der Waals surface area contributed by atoms with Crippen LogP contribution in [0.2, 0.25) is 0 Å². The van der Waals surface area contributed by atoms with Crippen LogP contribution in [0, 0.1) is 28.6 Å². The Morgan fingerprint density at radius 1 is 1.11 bits per heavy atom. The molecule has 0 N–H and O–H groups in total. The molecule has 0 radical (unpaired) electrons. The number of allylic oxidation sites excluding steroid dienone is 4. The molecule has 0 heterocycles. The van der Waals surface area contributed by atoms with Gasteiger partial charge in [0.15, 0.2) is 0 Å². The Hall–Kier alpha value is -1.58. The Labute approximate surface area is 171 Å². The summed E-state index contributed by atoms with van der Waals surface area (Å²) in [6, 6.07) is 0. The van der Waals surface area contributed by atoms with Crippen molar-refractivity contribution >= 4 is 11.9 Å². The average molecular weight is 393 g/mol. The molecule has 160 valence electrons. The summed E-state index contributed by atoms with van der Waals surface area (Å²) in [6.45, 7) is 15.7. The van der Waals surface area contributed by atoms with E-state index in [1.165, 1.54) is 25.4 Å². The number of hydrogen-bond donors (Lipinski definition) is 0. The number of carbonyl (C=O) groups is 2. The Bertz CT molecular complexity index is 621. The summed E-state index contributed by atoms with van der Waals surface area (Å²) in [5.74, 6) is -1.16. The van der Waals surface area contributed by atoms with Crippen molar-refractivity contribution in [2.45, 2.75) is 74.1 Å². The van der Waals surface area contributed by atoms with Crippen LogP contribution in [0.4, 0.5) is 0 Å². The SMILES string of the molecule is COC(=O)C1CC=C(C(C)(CC/C=C(\C)C(C)(C)C)C(C)C)CC1C(=O)OC. The number of esters is 2. The lowest BCUT2D eigenvalue weighted by Gasteiger charge is -2.41. The average Bonchev–Trinajstić information content (AvgIpc) is 2.64. The quantitative estimate of drug-likeness (QED) is 0.411. The van der Waals surface area contributed by atoms with Crippen molar-refractivity contribution in [3.05, 3.63) is 23.3 Å². The van der Waals surface area contributed by atoms with Gasteiger partial charge >= 0.3 is 11.9 Å². The van der Waals surface area contributed by atoms with Crippen LogP contribution in [-0.4, -0.2) is 26.2 Å². The van der Waals surface area contributed by atoms with E-state index >= 15 is 0 Å². The van der Waals surface area contributed by atoms with Crippen molar-refractivity contribution in [3.63, 3.8) is 0 Å². The third-order valence-corrected chi connectivity index (χ3v) is 6.86. The first-order chi connectivity index (χ1) is 12.9. The van der Waals surface area contributed by atoms with Gasteiger partial charge in [-0.15, -0.1) is 0 Å². The summed E-state index contributed by atoms with van der Waals surface area (Å²) in [5, 5.41) is 0. The van der Waals surface area contributed by atoms with Crippen LogP contribution < -0.4 is 0 Å². The van der Waals surface area contributed by atoms with E-state index < -0.39 is 11.8 Å².